The Morgan fingerprint density at radius 3 is 2.80 bits per heavy atom. The molecule has 2 atom stereocenters. The molecule has 1 rings (SSSR count). The highest BCUT2D eigenvalue weighted by Gasteiger charge is 2.31. The summed E-state index contributed by atoms with van der Waals surface area (Å²) in [5.41, 5.74) is 0. The number of hydrogen-bond donors (Lipinski definition) is 2. The molecular formula is C13H29N3O3S. The molecule has 0 bridgehead atoms. The topological polar surface area (TPSA) is 70.7 Å². The highest BCUT2D eigenvalue weighted by Crippen LogP contribution is 2.19. The summed E-state index contributed by atoms with van der Waals surface area (Å²) in [5.74, 6) is 0.173. The fraction of sp³-hybridized carbons (Fsp3) is 1.00. The number of nitrogens with zero attached hydrogens (tertiary/aromatic N) is 1. The first-order valence-corrected chi connectivity index (χ1v) is 8.91. The van der Waals surface area contributed by atoms with E-state index >= 15 is 0 Å². The molecule has 0 saturated carbocycles. The van der Waals surface area contributed by atoms with Crippen molar-refractivity contribution >= 4 is 10.2 Å². The van der Waals surface area contributed by atoms with Crippen LogP contribution in [0.1, 0.15) is 33.1 Å². The smallest absolute Gasteiger partial charge is 0.279 e. The predicted octanol–water partition coefficient (Wildman–Crippen LogP) is 0.567. The summed E-state index contributed by atoms with van der Waals surface area (Å²) in [6, 6.07) is 0.0685. The number of likely N-dealkylation sites (N-methyl/N-ethyl adjacent to an activating group) is 1. The molecule has 0 aromatic rings. The molecule has 1 saturated heterocycles. The van der Waals surface area contributed by atoms with Crippen molar-refractivity contribution in [1.82, 2.24) is 14.3 Å². The van der Waals surface area contributed by atoms with Gasteiger partial charge in [-0.25, -0.2) is 4.72 Å². The lowest BCUT2D eigenvalue weighted by molar-refractivity contribution is 0.160. The van der Waals surface area contributed by atoms with Crippen LogP contribution >= 0.6 is 0 Å². The minimum Gasteiger partial charge on any atom is -0.384 e. The van der Waals surface area contributed by atoms with Crippen molar-refractivity contribution < 1.29 is 13.2 Å². The van der Waals surface area contributed by atoms with Crippen LogP contribution in [0.4, 0.5) is 0 Å². The molecule has 0 spiro atoms. The zero-order valence-electron chi connectivity index (χ0n) is 12.9. The minimum absolute atomic E-state index is 0.0685. The maximum atomic E-state index is 12.4. The second-order valence-electron chi connectivity index (χ2n) is 5.48. The maximum absolute atomic E-state index is 12.4. The first-order chi connectivity index (χ1) is 9.51. The number of hydrogen-bond acceptors (Lipinski definition) is 4. The predicted molar refractivity (Wildman–Crippen MR) is 80.9 cm³/mol. The lowest BCUT2D eigenvalue weighted by Gasteiger charge is -2.35. The monoisotopic (exact) mass is 307 g/mol. The Morgan fingerprint density at radius 2 is 2.15 bits per heavy atom. The van der Waals surface area contributed by atoms with E-state index in [2.05, 4.69) is 10.0 Å². The van der Waals surface area contributed by atoms with Gasteiger partial charge in [0.1, 0.15) is 0 Å². The van der Waals surface area contributed by atoms with E-state index in [1.54, 1.807) is 11.4 Å². The van der Waals surface area contributed by atoms with Crippen LogP contribution in [0.3, 0.4) is 0 Å². The van der Waals surface area contributed by atoms with E-state index in [0.717, 1.165) is 32.4 Å². The van der Waals surface area contributed by atoms with Gasteiger partial charge in [0.25, 0.3) is 10.2 Å². The Kier molecular flexibility index (Phi) is 7.98. The Hall–Kier alpha value is -0.210. The summed E-state index contributed by atoms with van der Waals surface area (Å²) in [6.07, 6.45) is 2.97. The molecule has 120 valence electrons. The summed E-state index contributed by atoms with van der Waals surface area (Å²) >= 11 is 0. The van der Waals surface area contributed by atoms with Gasteiger partial charge in [-0.1, -0.05) is 20.3 Å². The lowest BCUT2D eigenvalue weighted by Crippen LogP contribution is -2.53. The second kappa shape index (κ2) is 8.94. The van der Waals surface area contributed by atoms with E-state index < -0.39 is 10.2 Å². The number of nitrogens with one attached hydrogen (secondary N) is 2. The van der Waals surface area contributed by atoms with Gasteiger partial charge in [0.2, 0.25) is 0 Å². The van der Waals surface area contributed by atoms with Gasteiger partial charge in [-0.05, 0) is 25.3 Å². The number of ether oxygens (including phenoxy) is 1. The van der Waals surface area contributed by atoms with Crippen LogP contribution in [-0.4, -0.2) is 58.7 Å². The van der Waals surface area contributed by atoms with E-state index in [1.807, 2.05) is 13.8 Å². The molecule has 20 heavy (non-hydrogen) atoms. The normalized spacial score (nSPS) is 22.9. The summed E-state index contributed by atoms with van der Waals surface area (Å²) in [4.78, 5) is 0. The standard InChI is InChI=1S/C13H29N3O3S/c1-4-14-10-13-7-5-6-8-16(13)20(17,18)15-9-12(2)11-19-3/h12-15H,4-11H2,1-3H3. The third kappa shape index (κ3) is 5.65. The first kappa shape index (κ1) is 17.8. The van der Waals surface area contributed by atoms with Crippen molar-refractivity contribution in [3.05, 3.63) is 0 Å². The third-order valence-corrected chi connectivity index (χ3v) is 5.21. The van der Waals surface area contributed by atoms with Gasteiger partial charge in [0.15, 0.2) is 0 Å². The lowest BCUT2D eigenvalue weighted by atomic mass is 10.1. The van der Waals surface area contributed by atoms with Crippen molar-refractivity contribution in [2.45, 2.75) is 39.2 Å². The fourth-order valence-electron chi connectivity index (χ4n) is 2.48. The van der Waals surface area contributed by atoms with Crippen molar-refractivity contribution in [2.75, 3.05) is 39.9 Å². The molecule has 0 aliphatic carbocycles. The summed E-state index contributed by atoms with van der Waals surface area (Å²) in [7, 11) is -1.76. The van der Waals surface area contributed by atoms with E-state index in [0.29, 0.717) is 19.7 Å². The van der Waals surface area contributed by atoms with Crippen molar-refractivity contribution in [3.8, 4) is 0 Å². The van der Waals surface area contributed by atoms with Crippen LogP contribution in [-0.2, 0) is 14.9 Å². The maximum Gasteiger partial charge on any atom is 0.279 e. The Bertz CT molecular complexity index is 362. The zero-order valence-corrected chi connectivity index (χ0v) is 13.7. The summed E-state index contributed by atoms with van der Waals surface area (Å²) in [5, 5.41) is 3.25. The van der Waals surface area contributed by atoms with Gasteiger partial charge in [0, 0.05) is 39.4 Å². The molecule has 2 N–H and O–H groups in total. The number of methoxy groups -OCH3 is 1. The zero-order chi connectivity index (χ0) is 15.0. The van der Waals surface area contributed by atoms with Crippen LogP contribution in [0.15, 0.2) is 0 Å². The molecule has 6 nitrogen and oxygen atoms in total. The van der Waals surface area contributed by atoms with Crippen LogP contribution in [0.25, 0.3) is 0 Å². The summed E-state index contributed by atoms with van der Waals surface area (Å²) < 4.78 is 34.2. The third-order valence-electron chi connectivity index (χ3n) is 3.58. The van der Waals surface area contributed by atoms with Gasteiger partial charge < -0.3 is 10.1 Å². The van der Waals surface area contributed by atoms with Crippen LogP contribution < -0.4 is 10.0 Å². The van der Waals surface area contributed by atoms with Gasteiger partial charge in [0.05, 0.1) is 0 Å². The average Bonchev–Trinajstić information content (AvgIpc) is 2.44. The molecule has 0 aromatic heterocycles. The SMILES string of the molecule is CCNCC1CCCCN1S(=O)(=O)NCC(C)COC. The number of rotatable bonds is 9. The molecule has 1 heterocycles. The molecule has 1 aliphatic heterocycles. The molecule has 7 heteroatoms. The van der Waals surface area contributed by atoms with Crippen molar-refractivity contribution in [1.29, 1.82) is 0 Å². The van der Waals surface area contributed by atoms with Crippen molar-refractivity contribution in [2.24, 2.45) is 5.92 Å². The molecule has 0 aromatic carbocycles. The van der Waals surface area contributed by atoms with Crippen molar-refractivity contribution in [3.63, 3.8) is 0 Å². The van der Waals surface area contributed by atoms with E-state index in [4.69, 9.17) is 4.74 Å². The highest BCUT2D eigenvalue weighted by molar-refractivity contribution is 7.87. The Labute approximate surface area is 123 Å². The largest absolute Gasteiger partial charge is 0.384 e. The molecule has 1 aliphatic rings. The molecule has 1 fully saturated rings. The van der Waals surface area contributed by atoms with E-state index in [9.17, 15) is 8.42 Å². The quantitative estimate of drug-likeness (QED) is 0.653. The molecule has 2 unspecified atom stereocenters. The minimum atomic E-state index is -3.39. The van der Waals surface area contributed by atoms with Gasteiger partial charge in [-0.15, -0.1) is 0 Å². The first-order valence-electron chi connectivity index (χ1n) is 7.47. The molecule has 0 radical (unpaired) electrons. The van der Waals surface area contributed by atoms with Gasteiger partial charge >= 0.3 is 0 Å². The average molecular weight is 307 g/mol. The Balaban J connectivity index is 2.57. The number of piperidine rings is 1. The van der Waals surface area contributed by atoms with E-state index in [1.165, 1.54) is 0 Å². The van der Waals surface area contributed by atoms with Crippen LogP contribution in [0.5, 0.6) is 0 Å². The fourth-order valence-corrected chi connectivity index (χ4v) is 4.08. The summed E-state index contributed by atoms with van der Waals surface area (Å²) in [6.45, 7) is 7.19. The van der Waals surface area contributed by atoms with Crippen LogP contribution in [0, 0.1) is 5.92 Å². The van der Waals surface area contributed by atoms with Gasteiger partial charge in [-0.3, -0.25) is 0 Å². The van der Waals surface area contributed by atoms with Crippen LogP contribution in [0.2, 0.25) is 0 Å². The van der Waals surface area contributed by atoms with Gasteiger partial charge in [-0.2, -0.15) is 12.7 Å². The second-order valence-corrected chi connectivity index (χ2v) is 7.19. The molecule has 0 amide bonds. The highest BCUT2D eigenvalue weighted by atomic mass is 32.2. The Morgan fingerprint density at radius 1 is 1.40 bits per heavy atom. The van der Waals surface area contributed by atoms with E-state index in [-0.39, 0.29) is 12.0 Å². The molecular weight excluding hydrogens is 278 g/mol.